The SMILES string of the molecule is O=C(C1CS(=O)(=O)C1)N1CCc2cc(Nc3ccc(C(F)(F)F)cc3)ccc2C1. The molecule has 1 amide bonds. The van der Waals surface area contributed by atoms with Crippen molar-refractivity contribution < 1.29 is 26.4 Å². The number of hydrogen-bond acceptors (Lipinski definition) is 4. The van der Waals surface area contributed by atoms with Gasteiger partial charge in [-0.05, 0) is 53.9 Å². The van der Waals surface area contributed by atoms with Crippen molar-refractivity contribution in [1.82, 2.24) is 4.90 Å². The average Bonchev–Trinajstić information content (AvgIpc) is 2.65. The molecule has 2 aromatic rings. The summed E-state index contributed by atoms with van der Waals surface area (Å²) >= 11 is 0. The lowest BCUT2D eigenvalue weighted by Gasteiger charge is -2.34. The van der Waals surface area contributed by atoms with Gasteiger partial charge in [0.2, 0.25) is 5.91 Å². The zero-order valence-corrected chi connectivity index (χ0v) is 16.2. The van der Waals surface area contributed by atoms with E-state index < -0.39 is 27.5 Å². The lowest BCUT2D eigenvalue weighted by Crippen LogP contribution is -2.49. The summed E-state index contributed by atoms with van der Waals surface area (Å²) in [6.07, 6.45) is -3.72. The van der Waals surface area contributed by atoms with E-state index in [4.69, 9.17) is 0 Å². The quantitative estimate of drug-likeness (QED) is 0.821. The van der Waals surface area contributed by atoms with Crippen LogP contribution in [0.4, 0.5) is 24.5 Å². The number of alkyl halides is 3. The molecule has 0 radical (unpaired) electrons. The number of halogens is 3. The first-order chi connectivity index (χ1) is 13.6. The molecular formula is C20H19F3N2O3S. The van der Waals surface area contributed by atoms with E-state index in [1.807, 2.05) is 18.2 Å². The largest absolute Gasteiger partial charge is 0.416 e. The Kier molecular flexibility index (Phi) is 4.80. The lowest BCUT2D eigenvalue weighted by atomic mass is 9.97. The van der Waals surface area contributed by atoms with Crippen molar-refractivity contribution in [2.75, 3.05) is 23.4 Å². The molecule has 4 rings (SSSR count). The van der Waals surface area contributed by atoms with Gasteiger partial charge in [-0.2, -0.15) is 13.2 Å². The summed E-state index contributed by atoms with van der Waals surface area (Å²) in [5, 5.41) is 3.10. The van der Waals surface area contributed by atoms with Crippen LogP contribution >= 0.6 is 0 Å². The first-order valence-electron chi connectivity index (χ1n) is 9.16. The third-order valence-corrected chi connectivity index (χ3v) is 7.11. The molecule has 1 fully saturated rings. The summed E-state index contributed by atoms with van der Waals surface area (Å²) in [5.74, 6) is -0.671. The number of nitrogens with one attached hydrogen (secondary N) is 1. The van der Waals surface area contributed by atoms with Gasteiger partial charge in [-0.3, -0.25) is 4.79 Å². The maximum Gasteiger partial charge on any atom is 0.416 e. The van der Waals surface area contributed by atoms with Gasteiger partial charge in [0.15, 0.2) is 9.84 Å². The van der Waals surface area contributed by atoms with Crippen molar-refractivity contribution in [3.63, 3.8) is 0 Å². The predicted molar refractivity (Wildman–Crippen MR) is 102 cm³/mol. The van der Waals surface area contributed by atoms with Gasteiger partial charge in [0.25, 0.3) is 0 Å². The molecule has 0 saturated carbocycles. The van der Waals surface area contributed by atoms with E-state index in [2.05, 4.69) is 5.32 Å². The van der Waals surface area contributed by atoms with E-state index in [1.165, 1.54) is 12.1 Å². The van der Waals surface area contributed by atoms with Crippen molar-refractivity contribution in [3.05, 3.63) is 59.2 Å². The Balaban J connectivity index is 1.42. The molecule has 0 aliphatic carbocycles. The van der Waals surface area contributed by atoms with Gasteiger partial charge >= 0.3 is 6.18 Å². The van der Waals surface area contributed by atoms with Crippen LogP contribution in [0.3, 0.4) is 0 Å². The molecule has 2 aromatic carbocycles. The average molecular weight is 424 g/mol. The van der Waals surface area contributed by atoms with Crippen LogP contribution < -0.4 is 5.32 Å². The van der Waals surface area contributed by atoms with Gasteiger partial charge in [0.05, 0.1) is 23.0 Å². The van der Waals surface area contributed by atoms with Crippen molar-refractivity contribution in [2.24, 2.45) is 5.92 Å². The van der Waals surface area contributed by atoms with E-state index in [0.29, 0.717) is 25.2 Å². The molecule has 1 saturated heterocycles. The third-order valence-electron chi connectivity index (χ3n) is 5.29. The topological polar surface area (TPSA) is 66.5 Å². The van der Waals surface area contributed by atoms with Gasteiger partial charge in [-0.1, -0.05) is 6.07 Å². The smallest absolute Gasteiger partial charge is 0.356 e. The molecule has 1 N–H and O–H groups in total. The summed E-state index contributed by atoms with van der Waals surface area (Å²) in [6, 6.07) is 10.5. The molecule has 2 aliphatic heterocycles. The number of nitrogens with zero attached hydrogens (tertiary/aromatic N) is 1. The molecule has 0 atom stereocenters. The van der Waals surface area contributed by atoms with E-state index >= 15 is 0 Å². The highest BCUT2D eigenvalue weighted by atomic mass is 32.2. The first kappa shape index (κ1) is 19.8. The molecule has 29 heavy (non-hydrogen) atoms. The zero-order chi connectivity index (χ0) is 20.8. The molecule has 9 heteroatoms. The minimum atomic E-state index is -4.36. The van der Waals surface area contributed by atoms with Gasteiger partial charge in [0, 0.05) is 24.5 Å². The number of carbonyl (C=O) groups is 1. The van der Waals surface area contributed by atoms with Crippen LogP contribution in [0.15, 0.2) is 42.5 Å². The Morgan fingerprint density at radius 2 is 1.66 bits per heavy atom. The van der Waals surface area contributed by atoms with Crippen molar-refractivity contribution >= 4 is 27.1 Å². The molecule has 0 spiro atoms. The number of rotatable bonds is 3. The second-order valence-electron chi connectivity index (χ2n) is 7.47. The van der Waals surface area contributed by atoms with Crippen LogP contribution in [0, 0.1) is 5.92 Å². The van der Waals surface area contributed by atoms with Crippen molar-refractivity contribution in [2.45, 2.75) is 19.1 Å². The fraction of sp³-hybridized carbons (Fsp3) is 0.350. The number of hydrogen-bond donors (Lipinski definition) is 1. The van der Waals surface area contributed by atoms with E-state index in [1.54, 1.807) is 4.90 Å². The predicted octanol–water partition coefficient (Wildman–Crippen LogP) is 3.38. The monoisotopic (exact) mass is 424 g/mol. The van der Waals surface area contributed by atoms with Crippen molar-refractivity contribution in [1.29, 1.82) is 0 Å². The summed E-state index contributed by atoms with van der Waals surface area (Å²) < 4.78 is 60.6. The van der Waals surface area contributed by atoms with E-state index in [-0.39, 0.29) is 17.4 Å². The minimum absolute atomic E-state index is 0.0643. The second-order valence-corrected chi connectivity index (χ2v) is 9.62. The fourth-order valence-corrected chi connectivity index (χ4v) is 5.11. The van der Waals surface area contributed by atoms with E-state index in [0.717, 1.165) is 28.9 Å². The second kappa shape index (κ2) is 7.05. The lowest BCUT2D eigenvalue weighted by molar-refractivity contribution is -0.137. The van der Waals surface area contributed by atoms with Gasteiger partial charge in [-0.25, -0.2) is 8.42 Å². The number of amides is 1. The maximum absolute atomic E-state index is 12.7. The number of fused-ring (bicyclic) bond motifs is 1. The van der Waals surface area contributed by atoms with E-state index in [9.17, 15) is 26.4 Å². The normalized spacial score (nSPS) is 18.7. The summed E-state index contributed by atoms with van der Waals surface area (Å²) in [4.78, 5) is 14.2. The highest BCUT2D eigenvalue weighted by Gasteiger charge is 2.41. The Bertz CT molecular complexity index is 1040. The van der Waals surface area contributed by atoms with Crippen LogP contribution in [0.1, 0.15) is 16.7 Å². The summed E-state index contributed by atoms with van der Waals surface area (Å²) in [6.45, 7) is 0.956. The highest BCUT2D eigenvalue weighted by Crippen LogP contribution is 2.31. The van der Waals surface area contributed by atoms with Crippen LogP contribution in [-0.4, -0.2) is 37.3 Å². The molecule has 0 unspecified atom stereocenters. The third kappa shape index (κ3) is 4.24. The number of sulfone groups is 1. The molecule has 2 heterocycles. The van der Waals surface area contributed by atoms with Crippen LogP contribution in [0.2, 0.25) is 0 Å². The van der Waals surface area contributed by atoms with Crippen LogP contribution in [0.5, 0.6) is 0 Å². The molecule has 0 aromatic heterocycles. The summed E-state index contributed by atoms with van der Waals surface area (Å²) in [5.41, 5.74) is 2.67. The number of anilines is 2. The molecule has 5 nitrogen and oxygen atoms in total. The standard InChI is InChI=1S/C20H19F3N2O3S/c21-20(22,23)16-2-5-17(6-3-16)24-18-4-1-14-10-25(8-7-13(14)9-18)19(26)15-11-29(27,28)12-15/h1-6,9,15,24H,7-8,10-12H2. The van der Waals surface area contributed by atoms with Crippen molar-refractivity contribution in [3.8, 4) is 0 Å². The number of carbonyl (C=O) groups excluding carboxylic acids is 1. The first-order valence-corrected chi connectivity index (χ1v) is 11.0. The van der Waals surface area contributed by atoms with Crippen LogP contribution in [0.25, 0.3) is 0 Å². The summed E-state index contributed by atoms with van der Waals surface area (Å²) in [7, 11) is -3.04. The Morgan fingerprint density at radius 1 is 1.00 bits per heavy atom. The zero-order valence-electron chi connectivity index (χ0n) is 15.4. The van der Waals surface area contributed by atoms with Gasteiger partial charge in [0.1, 0.15) is 0 Å². The fourth-order valence-electron chi connectivity index (χ4n) is 3.69. The Morgan fingerprint density at radius 3 is 2.28 bits per heavy atom. The molecular weight excluding hydrogens is 405 g/mol. The Hall–Kier alpha value is -2.55. The molecule has 0 bridgehead atoms. The molecule has 2 aliphatic rings. The Labute approximate surface area is 166 Å². The highest BCUT2D eigenvalue weighted by molar-refractivity contribution is 7.92. The maximum atomic E-state index is 12.7. The van der Waals surface area contributed by atoms with Gasteiger partial charge < -0.3 is 10.2 Å². The van der Waals surface area contributed by atoms with Crippen LogP contribution in [-0.2, 0) is 33.8 Å². The van der Waals surface area contributed by atoms with Gasteiger partial charge in [-0.15, -0.1) is 0 Å². The molecule has 154 valence electrons. The number of benzene rings is 2. The minimum Gasteiger partial charge on any atom is -0.356 e.